The van der Waals surface area contributed by atoms with E-state index in [1.807, 2.05) is 10.8 Å². The molecule has 0 unspecified atom stereocenters. The summed E-state index contributed by atoms with van der Waals surface area (Å²) in [6.45, 7) is 1.05. The molecule has 0 aliphatic carbocycles. The molecule has 0 atom stereocenters. The molecule has 0 aliphatic rings. The van der Waals surface area contributed by atoms with Crippen molar-refractivity contribution in [3.8, 4) is 0 Å². The number of thiazole rings is 1. The highest BCUT2D eigenvalue weighted by Gasteiger charge is 2.18. The van der Waals surface area contributed by atoms with Crippen LogP contribution in [0.2, 0.25) is 0 Å². The van der Waals surface area contributed by atoms with Crippen LogP contribution in [0.3, 0.4) is 0 Å². The van der Waals surface area contributed by atoms with E-state index in [2.05, 4.69) is 9.97 Å². The summed E-state index contributed by atoms with van der Waals surface area (Å²) in [4.78, 5) is 33.6. The van der Waals surface area contributed by atoms with Crippen molar-refractivity contribution in [1.29, 1.82) is 0 Å². The van der Waals surface area contributed by atoms with Gasteiger partial charge in [-0.3, -0.25) is 19.8 Å². The summed E-state index contributed by atoms with van der Waals surface area (Å²) in [6, 6.07) is 10.3. The lowest BCUT2D eigenvalue weighted by molar-refractivity contribution is -0.384. The molecule has 4 rings (SSSR count). The standard InChI is InChI=1S/C22H18FN5O3S.ClH/c23-17-6-7-19-20(14-17)32-22(25-19)27(11-2-10-26-12-9-24-15-26)21(29)8-5-16-3-1-4-18(13-16)28(30)31;/h1,3-9,12-15H,2,10-11H2;1H/b8-5+;. The molecule has 0 aliphatic heterocycles. The molecule has 2 aromatic heterocycles. The van der Waals surface area contributed by atoms with Gasteiger partial charge >= 0.3 is 0 Å². The van der Waals surface area contributed by atoms with Gasteiger partial charge in [-0.2, -0.15) is 0 Å². The van der Waals surface area contributed by atoms with Crippen LogP contribution in [-0.4, -0.2) is 31.9 Å². The number of hydrogen-bond acceptors (Lipinski definition) is 6. The maximum Gasteiger partial charge on any atom is 0.270 e. The molecular weight excluding hydrogens is 469 g/mol. The minimum Gasteiger partial charge on any atom is -0.337 e. The second kappa shape index (κ2) is 10.8. The third-order valence-electron chi connectivity index (χ3n) is 4.69. The van der Waals surface area contributed by atoms with Crippen LogP contribution in [0.4, 0.5) is 15.2 Å². The number of aromatic nitrogens is 3. The van der Waals surface area contributed by atoms with Gasteiger partial charge in [-0.05, 0) is 36.3 Å². The number of imidazole rings is 1. The molecule has 2 heterocycles. The van der Waals surface area contributed by atoms with Crippen molar-refractivity contribution in [1.82, 2.24) is 14.5 Å². The highest BCUT2D eigenvalue weighted by Crippen LogP contribution is 2.30. The average molecular weight is 488 g/mol. The summed E-state index contributed by atoms with van der Waals surface area (Å²) in [5.74, 6) is -0.682. The molecule has 8 nitrogen and oxygen atoms in total. The zero-order valence-corrected chi connectivity index (χ0v) is 18.8. The van der Waals surface area contributed by atoms with Crippen LogP contribution < -0.4 is 4.90 Å². The topological polar surface area (TPSA) is 94.2 Å². The number of aryl methyl sites for hydroxylation is 1. The Morgan fingerprint density at radius 3 is 2.88 bits per heavy atom. The highest BCUT2D eigenvalue weighted by atomic mass is 35.5. The zero-order valence-electron chi connectivity index (χ0n) is 17.2. The smallest absolute Gasteiger partial charge is 0.270 e. The number of halogens is 2. The Balaban J connectivity index is 0.00000306. The van der Waals surface area contributed by atoms with Crippen LogP contribution in [0.5, 0.6) is 0 Å². The number of nitro benzene ring substituents is 1. The van der Waals surface area contributed by atoms with E-state index in [1.165, 1.54) is 52.7 Å². The fraction of sp³-hybridized carbons (Fsp3) is 0.136. The Morgan fingerprint density at radius 2 is 2.12 bits per heavy atom. The van der Waals surface area contributed by atoms with E-state index in [0.717, 1.165) is 0 Å². The second-order valence-corrected chi connectivity index (χ2v) is 7.95. The average Bonchev–Trinajstić information content (AvgIpc) is 3.44. The monoisotopic (exact) mass is 487 g/mol. The normalized spacial score (nSPS) is 10.9. The van der Waals surface area contributed by atoms with Crippen molar-refractivity contribution in [3.63, 3.8) is 0 Å². The second-order valence-electron chi connectivity index (χ2n) is 6.94. The minimum atomic E-state index is -0.484. The number of hydrogen-bond donors (Lipinski definition) is 0. The number of fused-ring (bicyclic) bond motifs is 1. The van der Waals surface area contributed by atoms with E-state index in [-0.39, 0.29) is 29.8 Å². The Labute approximate surface area is 198 Å². The largest absolute Gasteiger partial charge is 0.337 e. The van der Waals surface area contributed by atoms with Crippen LogP contribution >= 0.6 is 23.7 Å². The summed E-state index contributed by atoms with van der Waals surface area (Å²) in [6.07, 6.45) is 8.78. The minimum absolute atomic E-state index is 0. The summed E-state index contributed by atoms with van der Waals surface area (Å²) in [5.41, 5.74) is 1.10. The lowest BCUT2D eigenvalue weighted by Gasteiger charge is -2.18. The number of carbonyl (C=O) groups is 1. The van der Waals surface area contributed by atoms with Gasteiger partial charge in [-0.15, -0.1) is 12.4 Å². The van der Waals surface area contributed by atoms with Crippen molar-refractivity contribution < 1.29 is 14.1 Å². The van der Waals surface area contributed by atoms with Crippen LogP contribution in [0.1, 0.15) is 12.0 Å². The molecule has 0 saturated heterocycles. The van der Waals surface area contributed by atoms with Crippen LogP contribution in [0.15, 0.2) is 67.3 Å². The maximum atomic E-state index is 13.6. The number of amides is 1. The molecule has 0 radical (unpaired) electrons. The van der Waals surface area contributed by atoms with E-state index < -0.39 is 4.92 Å². The van der Waals surface area contributed by atoms with Gasteiger partial charge in [0.05, 0.1) is 21.5 Å². The van der Waals surface area contributed by atoms with Crippen molar-refractivity contribution in [3.05, 3.63) is 88.8 Å². The fourth-order valence-electron chi connectivity index (χ4n) is 3.13. The van der Waals surface area contributed by atoms with Gasteiger partial charge in [0.1, 0.15) is 5.82 Å². The van der Waals surface area contributed by atoms with Crippen LogP contribution in [0, 0.1) is 15.9 Å². The van der Waals surface area contributed by atoms with E-state index in [1.54, 1.807) is 30.7 Å². The predicted molar refractivity (Wildman–Crippen MR) is 128 cm³/mol. The molecule has 33 heavy (non-hydrogen) atoms. The molecule has 11 heteroatoms. The molecule has 0 fully saturated rings. The molecule has 0 N–H and O–H groups in total. The van der Waals surface area contributed by atoms with E-state index in [0.29, 0.717) is 40.4 Å². The summed E-state index contributed by atoms with van der Waals surface area (Å²) >= 11 is 1.24. The molecule has 1 amide bonds. The third kappa shape index (κ3) is 5.99. The van der Waals surface area contributed by atoms with Crippen LogP contribution in [-0.2, 0) is 11.3 Å². The van der Waals surface area contributed by atoms with Gasteiger partial charge in [-0.25, -0.2) is 14.4 Å². The fourth-order valence-corrected chi connectivity index (χ4v) is 4.15. The first-order chi connectivity index (χ1) is 15.5. The zero-order chi connectivity index (χ0) is 22.5. The number of rotatable bonds is 8. The molecule has 0 spiro atoms. The number of benzene rings is 2. The molecular formula is C22H19ClFN5O3S. The first-order valence-electron chi connectivity index (χ1n) is 9.75. The first kappa shape index (κ1) is 24.0. The summed E-state index contributed by atoms with van der Waals surface area (Å²) in [5, 5.41) is 11.4. The molecule has 4 aromatic rings. The summed E-state index contributed by atoms with van der Waals surface area (Å²) < 4.78 is 16.2. The Bertz CT molecular complexity index is 1290. The SMILES string of the molecule is Cl.O=C(/C=C/c1cccc([N+](=O)[O-])c1)N(CCCn1ccnc1)c1nc2ccc(F)cc2s1. The number of carbonyl (C=O) groups excluding carboxylic acids is 1. The van der Waals surface area contributed by atoms with Crippen molar-refractivity contribution in [2.75, 3.05) is 11.4 Å². The molecule has 0 bridgehead atoms. The van der Waals surface area contributed by atoms with Gasteiger partial charge in [0.25, 0.3) is 11.6 Å². The Kier molecular flexibility index (Phi) is 7.86. The third-order valence-corrected chi connectivity index (χ3v) is 5.73. The summed E-state index contributed by atoms with van der Waals surface area (Å²) in [7, 11) is 0. The van der Waals surface area contributed by atoms with Crippen molar-refractivity contribution in [2.24, 2.45) is 0 Å². The molecule has 0 saturated carbocycles. The van der Waals surface area contributed by atoms with Crippen LogP contribution in [0.25, 0.3) is 16.3 Å². The van der Waals surface area contributed by atoms with Crippen molar-refractivity contribution >= 4 is 56.8 Å². The number of nitrogens with zero attached hydrogens (tertiary/aromatic N) is 5. The number of anilines is 1. The van der Waals surface area contributed by atoms with Gasteiger partial charge < -0.3 is 4.57 Å². The van der Waals surface area contributed by atoms with Crippen molar-refractivity contribution in [2.45, 2.75) is 13.0 Å². The Hall–Kier alpha value is -3.63. The van der Waals surface area contributed by atoms with E-state index in [9.17, 15) is 19.3 Å². The first-order valence-corrected chi connectivity index (χ1v) is 10.6. The van der Waals surface area contributed by atoms with Gasteiger partial charge in [-0.1, -0.05) is 23.5 Å². The van der Waals surface area contributed by atoms with Gasteiger partial charge in [0.2, 0.25) is 0 Å². The Morgan fingerprint density at radius 1 is 1.27 bits per heavy atom. The highest BCUT2D eigenvalue weighted by molar-refractivity contribution is 7.22. The molecule has 2 aromatic carbocycles. The van der Waals surface area contributed by atoms with E-state index >= 15 is 0 Å². The maximum absolute atomic E-state index is 13.6. The van der Waals surface area contributed by atoms with Gasteiger partial charge in [0.15, 0.2) is 5.13 Å². The lowest BCUT2D eigenvalue weighted by Crippen LogP contribution is -2.30. The predicted octanol–water partition coefficient (Wildman–Crippen LogP) is 5.10. The lowest BCUT2D eigenvalue weighted by atomic mass is 10.2. The van der Waals surface area contributed by atoms with E-state index in [4.69, 9.17) is 0 Å². The van der Waals surface area contributed by atoms with Gasteiger partial charge in [0, 0.05) is 43.7 Å². The number of non-ortho nitro benzene ring substituents is 1. The molecule has 170 valence electrons. The number of nitro groups is 1. The quantitative estimate of drug-likeness (QED) is 0.196.